The summed E-state index contributed by atoms with van der Waals surface area (Å²) in [5, 5.41) is 12.2. The average Bonchev–Trinajstić information content (AvgIpc) is 2.77. The maximum Gasteiger partial charge on any atom is 0.241 e. The van der Waals surface area contributed by atoms with Gasteiger partial charge in [-0.25, -0.2) is 0 Å². The van der Waals surface area contributed by atoms with Crippen molar-refractivity contribution in [3.05, 3.63) is 29.8 Å². The number of hydrogen-bond acceptors (Lipinski definition) is 5. The van der Waals surface area contributed by atoms with Gasteiger partial charge in [0.1, 0.15) is 11.8 Å². The third kappa shape index (κ3) is 5.28. The summed E-state index contributed by atoms with van der Waals surface area (Å²) in [6, 6.07) is 7.28. The van der Waals surface area contributed by atoms with E-state index in [0.29, 0.717) is 39.1 Å². The van der Waals surface area contributed by atoms with Gasteiger partial charge in [0.25, 0.3) is 0 Å². The quantitative estimate of drug-likeness (QED) is 0.689. The van der Waals surface area contributed by atoms with Gasteiger partial charge in [0, 0.05) is 19.6 Å². The van der Waals surface area contributed by atoms with Crippen molar-refractivity contribution in [3.63, 3.8) is 0 Å². The molecule has 0 unspecified atom stereocenters. The molecule has 1 fully saturated rings. The molecule has 1 aromatic carbocycles. The van der Waals surface area contributed by atoms with Gasteiger partial charge in [0.05, 0.1) is 18.6 Å². The number of fused-ring (bicyclic) bond motifs is 1. The lowest BCUT2D eigenvalue weighted by molar-refractivity contribution is -0.142. The number of benzene rings is 1. The van der Waals surface area contributed by atoms with Gasteiger partial charge in [-0.2, -0.15) is 0 Å². The SMILES string of the molecule is N[C@H](CO)C(=O)N1CCC2(CCCCc3ccccc3OCCCNC2=O)CC1. The number of rotatable bonds is 2. The Labute approximate surface area is 172 Å². The number of aliphatic hydroxyl groups is 1. The van der Waals surface area contributed by atoms with Crippen LogP contribution >= 0.6 is 0 Å². The molecule has 0 aliphatic carbocycles. The molecule has 0 aromatic heterocycles. The number of nitrogens with zero attached hydrogens (tertiary/aromatic N) is 1. The lowest BCUT2D eigenvalue weighted by atomic mass is 9.73. The molecule has 2 aliphatic rings. The lowest BCUT2D eigenvalue weighted by Crippen LogP contribution is -2.54. The first-order chi connectivity index (χ1) is 14.1. The van der Waals surface area contributed by atoms with Crippen molar-refractivity contribution in [3.8, 4) is 5.75 Å². The van der Waals surface area contributed by atoms with E-state index in [1.165, 1.54) is 5.56 Å². The number of carbonyl (C=O) groups excluding carboxylic acids is 2. The number of hydrogen-bond donors (Lipinski definition) is 3. The van der Waals surface area contributed by atoms with E-state index >= 15 is 0 Å². The molecular formula is C22H33N3O4. The molecule has 2 heterocycles. The second-order valence-electron chi connectivity index (χ2n) is 8.17. The first-order valence-electron chi connectivity index (χ1n) is 10.7. The summed E-state index contributed by atoms with van der Waals surface area (Å²) in [4.78, 5) is 27.0. The zero-order valence-corrected chi connectivity index (χ0v) is 17.1. The van der Waals surface area contributed by atoms with E-state index in [2.05, 4.69) is 11.4 Å². The molecule has 2 amide bonds. The summed E-state index contributed by atoms with van der Waals surface area (Å²) in [6.45, 7) is 1.81. The predicted molar refractivity (Wildman–Crippen MR) is 110 cm³/mol. The topological polar surface area (TPSA) is 105 Å². The Morgan fingerprint density at radius 2 is 1.97 bits per heavy atom. The molecule has 29 heavy (non-hydrogen) atoms. The zero-order valence-electron chi connectivity index (χ0n) is 17.1. The van der Waals surface area contributed by atoms with E-state index in [0.717, 1.165) is 37.9 Å². The van der Waals surface area contributed by atoms with Crippen LogP contribution in [0.2, 0.25) is 0 Å². The Morgan fingerprint density at radius 1 is 1.21 bits per heavy atom. The number of nitrogens with two attached hydrogens (primary N) is 1. The van der Waals surface area contributed by atoms with Crippen LogP contribution in [0, 0.1) is 5.41 Å². The monoisotopic (exact) mass is 403 g/mol. The molecule has 1 atom stereocenters. The van der Waals surface area contributed by atoms with Crippen LogP contribution in [0.5, 0.6) is 5.75 Å². The highest BCUT2D eigenvalue weighted by molar-refractivity contribution is 5.84. The summed E-state index contributed by atoms with van der Waals surface area (Å²) in [7, 11) is 0. The summed E-state index contributed by atoms with van der Waals surface area (Å²) in [5.41, 5.74) is 6.47. The largest absolute Gasteiger partial charge is 0.493 e. The first kappa shape index (κ1) is 21.6. The molecule has 0 saturated carbocycles. The van der Waals surface area contributed by atoms with Crippen LogP contribution in [-0.2, 0) is 16.0 Å². The molecule has 2 aliphatic heterocycles. The van der Waals surface area contributed by atoms with Crippen LogP contribution in [0.25, 0.3) is 0 Å². The normalized spacial score (nSPS) is 21.6. The van der Waals surface area contributed by atoms with Gasteiger partial charge in [-0.15, -0.1) is 0 Å². The minimum absolute atomic E-state index is 0.0906. The summed E-state index contributed by atoms with van der Waals surface area (Å²) < 4.78 is 5.92. The number of piperidine rings is 1. The number of amides is 2. The summed E-state index contributed by atoms with van der Waals surface area (Å²) >= 11 is 0. The van der Waals surface area contributed by atoms with Gasteiger partial charge < -0.3 is 25.8 Å². The molecular weight excluding hydrogens is 370 g/mol. The summed E-state index contributed by atoms with van der Waals surface area (Å²) in [6.07, 6.45) is 5.72. The number of ether oxygens (including phenoxy) is 1. The van der Waals surface area contributed by atoms with Crippen LogP contribution in [0.15, 0.2) is 24.3 Å². The van der Waals surface area contributed by atoms with E-state index < -0.39 is 11.5 Å². The van der Waals surface area contributed by atoms with Crippen LogP contribution in [0.4, 0.5) is 0 Å². The molecule has 1 aromatic rings. The Balaban J connectivity index is 1.66. The number of nitrogens with one attached hydrogen (secondary N) is 1. The van der Waals surface area contributed by atoms with E-state index in [9.17, 15) is 9.59 Å². The van der Waals surface area contributed by atoms with Gasteiger partial charge in [-0.1, -0.05) is 24.6 Å². The highest BCUT2D eigenvalue weighted by atomic mass is 16.5. The fourth-order valence-electron chi connectivity index (χ4n) is 4.33. The third-order valence-electron chi connectivity index (χ3n) is 6.22. The van der Waals surface area contributed by atoms with E-state index in [4.69, 9.17) is 15.6 Å². The molecule has 1 saturated heterocycles. The minimum atomic E-state index is -0.877. The first-order valence-corrected chi connectivity index (χ1v) is 10.7. The van der Waals surface area contributed by atoms with Crippen molar-refractivity contribution in [2.75, 3.05) is 32.8 Å². The molecule has 3 rings (SSSR count). The average molecular weight is 404 g/mol. The van der Waals surface area contributed by atoms with Crippen molar-refractivity contribution in [2.24, 2.45) is 11.1 Å². The fourth-order valence-corrected chi connectivity index (χ4v) is 4.33. The van der Waals surface area contributed by atoms with E-state index in [-0.39, 0.29) is 18.4 Å². The highest BCUT2D eigenvalue weighted by Crippen LogP contribution is 2.37. The summed E-state index contributed by atoms with van der Waals surface area (Å²) in [5.74, 6) is 0.800. The molecule has 0 bridgehead atoms. The predicted octanol–water partition coefficient (Wildman–Crippen LogP) is 1.23. The van der Waals surface area contributed by atoms with Gasteiger partial charge in [0.2, 0.25) is 11.8 Å². The number of likely N-dealkylation sites (tertiary alicyclic amines) is 1. The van der Waals surface area contributed by atoms with E-state index in [1.54, 1.807) is 4.90 Å². The second-order valence-corrected chi connectivity index (χ2v) is 8.17. The van der Waals surface area contributed by atoms with Gasteiger partial charge in [-0.3, -0.25) is 9.59 Å². The number of aryl methyl sites for hydroxylation is 1. The molecule has 7 nitrogen and oxygen atoms in total. The second kappa shape index (κ2) is 10.1. The number of aliphatic hydroxyl groups excluding tert-OH is 1. The molecule has 0 radical (unpaired) electrons. The Bertz CT molecular complexity index is 701. The van der Waals surface area contributed by atoms with Crippen LogP contribution < -0.4 is 15.8 Å². The molecule has 1 spiro atoms. The van der Waals surface area contributed by atoms with Gasteiger partial charge in [-0.05, 0) is 50.2 Å². The molecule has 160 valence electrons. The molecule has 7 heteroatoms. The maximum absolute atomic E-state index is 13.1. The van der Waals surface area contributed by atoms with Gasteiger partial charge in [0.15, 0.2) is 0 Å². The van der Waals surface area contributed by atoms with Crippen molar-refractivity contribution >= 4 is 11.8 Å². The Morgan fingerprint density at radius 3 is 2.72 bits per heavy atom. The molecule has 4 N–H and O–H groups in total. The Hall–Kier alpha value is -2.12. The fraction of sp³-hybridized carbons (Fsp3) is 0.636. The van der Waals surface area contributed by atoms with Crippen molar-refractivity contribution < 1.29 is 19.4 Å². The van der Waals surface area contributed by atoms with Gasteiger partial charge >= 0.3 is 0 Å². The standard InChI is InChI=1S/C22H33N3O4/c23-18(16-26)20(27)25-13-10-22(11-14-25)9-4-3-7-17-6-1-2-8-19(17)29-15-5-12-24-21(22)28/h1-2,6,8,18,26H,3-5,7,9-16,23H2,(H,24,28)/t18-/m1/s1. The van der Waals surface area contributed by atoms with Crippen molar-refractivity contribution in [2.45, 2.75) is 51.0 Å². The number of carbonyl (C=O) groups is 2. The van der Waals surface area contributed by atoms with Crippen molar-refractivity contribution in [1.29, 1.82) is 0 Å². The number of para-hydroxylation sites is 1. The van der Waals surface area contributed by atoms with Crippen LogP contribution in [0.3, 0.4) is 0 Å². The smallest absolute Gasteiger partial charge is 0.241 e. The van der Waals surface area contributed by atoms with Crippen molar-refractivity contribution in [1.82, 2.24) is 10.2 Å². The third-order valence-corrected chi connectivity index (χ3v) is 6.22. The minimum Gasteiger partial charge on any atom is -0.493 e. The van der Waals surface area contributed by atoms with Crippen LogP contribution in [-0.4, -0.2) is 60.7 Å². The maximum atomic E-state index is 13.1. The Kier molecular flexibility index (Phi) is 7.50. The lowest BCUT2D eigenvalue weighted by Gasteiger charge is -2.41. The van der Waals surface area contributed by atoms with E-state index in [1.807, 2.05) is 18.2 Å². The zero-order chi connectivity index (χ0) is 20.7. The van der Waals surface area contributed by atoms with Crippen LogP contribution in [0.1, 0.15) is 44.1 Å². The highest BCUT2D eigenvalue weighted by Gasteiger charge is 2.42.